The summed E-state index contributed by atoms with van der Waals surface area (Å²) in [7, 11) is 0. The maximum Gasteiger partial charge on any atom is 0.303 e. The lowest BCUT2D eigenvalue weighted by atomic mass is 9.90. The van der Waals surface area contributed by atoms with Crippen LogP contribution in [0, 0.1) is 11.8 Å². The fourth-order valence-corrected chi connectivity index (χ4v) is 3.10. The summed E-state index contributed by atoms with van der Waals surface area (Å²) in [5, 5.41) is 28.7. The summed E-state index contributed by atoms with van der Waals surface area (Å²) in [5.41, 5.74) is 0. The van der Waals surface area contributed by atoms with Crippen molar-refractivity contribution in [2.45, 2.75) is 64.1 Å². The first-order valence-corrected chi connectivity index (χ1v) is 9.69. The molecule has 1 fully saturated rings. The van der Waals surface area contributed by atoms with Gasteiger partial charge >= 0.3 is 5.97 Å². The molecule has 4 atom stereocenters. The smallest absolute Gasteiger partial charge is 0.303 e. The van der Waals surface area contributed by atoms with Crippen LogP contribution in [0.1, 0.15) is 51.9 Å². The van der Waals surface area contributed by atoms with Gasteiger partial charge in [-0.25, -0.2) is 0 Å². The lowest BCUT2D eigenvalue weighted by Crippen LogP contribution is -2.19. The first-order chi connectivity index (χ1) is 13.0. The van der Waals surface area contributed by atoms with Gasteiger partial charge in [0.2, 0.25) is 0 Å². The van der Waals surface area contributed by atoms with Crippen molar-refractivity contribution in [2.24, 2.45) is 11.8 Å². The number of allylic oxidation sites excluding steroid dienone is 6. The Labute approximate surface area is 161 Å². The van der Waals surface area contributed by atoms with Gasteiger partial charge in [0.15, 0.2) is 0 Å². The van der Waals surface area contributed by atoms with Crippen LogP contribution in [0.15, 0.2) is 48.6 Å². The van der Waals surface area contributed by atoms with E-state index in [-0.39, 0.29) is 30.5 Å². The van der Waals surface area contributed by atoms with Crippen molar-refractivity contribution in [3.8, 4) is 0 Å². The van der Waals surface area contributed by atoms with E-state index in [9.17, 15) is 19.8 Å². The molecule has 0 amide bonds. The number of aliphatic carboxylic acids is 1. The molecular formula is C22H32O5. The molecule has 0 unspecified atom stereocenters. The number of carbonyl (C=O) groups excluding carboxylic acids is 1. The van der Waals surface area contributed by atoms with Crippen molar-refractivity contribution in [1.29, 1.82) is 0 Å². The monoisotopic (exact) mass is 376 g/mol. The molecule has 0 bridgehead atoms. The molecule has 1 aliphatic rings. The Hall–Kier alpha value is -1.98. The van der Waals surface area contributed by atoms with Gasteiger partial charge in [0, 0.05) is 24.7 Å². The Morgan fingerprint density at radius 1 is 1.19 bits per heavy atom. The van der Waals surface area contributed by atoms with Crippen LogP contribution in [0.4, 0.5) is 0 Å². The largest absolute Gasteiger partial charge is 0.481 e. The van der Waals surface area contributed by atoms with Gasteiger partial charge in [0.1, 0.15) is 5.78 Å². The SMILES string of the molecule is CC/C=C\C/C=C\C[C@@H]1[C@H](O)CC(=O)[C@@H]1/C=C/[C@@H](O)C/C=C\CCC(=O)O. The van der Waals surface area contributed by atoms with Gasteiger partial charge in [-0.1, -0.05) is 55.5 Å². The average Bonchev–Trinajstić information content (AvgIpc) is 2.88. The predicted octanol–water partition coefficient (Wildman–Crippen LogP) is 3.58. The highest BCUT2D eigenvalue weighted by Crippen LogP contribution is 2.33. The number of carboxylic acids is 1. The molecule has 1 aliphatic carbocycles. The van der Waals surface area contributed by atoms with E-state index in [1.54, 1.807) is 24.3 Å². The quantitative estimate of drug-likeness (QED) is 0.453. The molecule has 0 heterocycles. The number of carbonyl (C=O) groups is 2. The molecule has 150 valence electrons. The summed E-state index contributed by atoms with van der Waals surface area (Å²) in [6, 6.07) is 0. The molecule has 0 aromatic carbocycles. The first-order valence-electron chi connectivity index (χ1n) is 9.69. The van der Waals surface area contributed by atoms with Crippen LogP contribution in [-0.4, -0.2) is 39.3 Å². The van der Waals surface area contributed by atoms with Crippen LogP contribution in [0.5, 0.6) is 0 Å². The second kappa shape index (κ2) is 13.2. The van der Waals surface area contributed by atoms with E-state index in [0.717, 1.165) is 12.8 Å². The van der Waals surface area contributed by atoms with E-state index < -0.39 is 18.2 Å². The minimum Gasteiger partial charge on any atom is -0.481 e. The standard InChI is InChI=1S/C22H32O5/c1-2-3-4-5-6-9-12-18-19(21(25)16-20(18)24)15-14-17(23)11-8-7-10-13-22(26)27/h3-4,6-9,14-15,17-20,23-24H,2,5,10-13,16H2,1H3,(H,26,27)/b4-3-,8-7-,9-6-,15-14+/t17-,18-,19+,20+/m0/s1. The summed E-state index contributed by atoms with van der Waals surface area (Å²) >= 11 is 0. The second-order valence-corrected chi connectivity index (χ2v) is 6.84. The zero-order chi connectivity index (χ0) is 20.1. The van der Waals surface area contributed by atoms with Gasteiger partial charge in [-0.3, -0.25) is 9.59 Å². The summed E-state index contributed by atoms with van der Waals surface area (Å²) in [4.78, 5) is 22.6. The van der Waals surface area contributed by atoms with E-state index in [4.69, 9.17) is 5.11 Å². The third kappa shape index (κ3) is 9.50. The van der Waals surface area contributed by atoms with E-state index >= 15 is 0 Å². The van der Waals surface area contributed by atoms with Crippen molar-refractivity contribution in [1.82, 2.24) is 0 Å². The molecule has 0 saturated heterocycles. The second-order valence-electron chi connectivity index (χ2n) is 6.84. The molecule has 3 N–H and O–H groups in total. The third-order valence-electron chi connectivity index (χ3n) is 4.60. The van der Waals surface area contributed by atoms with Gasteiger partial charge in [-0.15, -0.1) is 0 Å². The molecule has 27 heavy (non-hydrogen) atoms. The molecule has 1 rings (SSSR count). The highest BCUT2D eigenvalue weighted by molar-refractivity contribution is 5.86. The number of carboxylic acid groups (broad SMARTS) is 1. The number of hydrogen-bond acceptors (Lipinski definition) is 4. The number of hydrogen-bond donors (Lipinski definition) is 3. The van der Waals surface area contributed by atoms with Gasteiger partial charge in [-0.05, 0) is 32.1 Å². The Morgan fingerprint density at radius 3 is 2.63 bits per heavy atom. The fraction of sp³-hybridized carbons (Fsp3) is 0.545. The van der Waals surface area contributed by atoms with E-state index in [1.807, 2.05) is 12.2 Å². The maximum atomic E-state index is 12.1. The van der Waals surface area contributed by atoms with Crippen LogP contribution in [0.25, 0.3) is 0 Å². The van der Waals surface area contributed by atoms with Gasteiger partial charge in [0.05, 0.1) is 12.2 Å². The van der Waals surface area contributed by atoms with E-state index in [1.165, 1.54) is 0 Å². The fourth-order valence-electron chi connectivity index (χ4n) is 3.10. The normalized spacial score (nSPS) is 24.9. The minimum absolute atomic E-state index is 0.00669. The Balaban J connectivity index is 2.50. The summed E-state index contributed by atoms with van der Waals surface area (Å²) in [6.45, 7) is 2.08. The van der Waals surface area contributed by atoms with Gasteiger partial charge in [-0.2, -0.15) is 0 Å². The predicted molar refractivity (Wildman–Crippen MR) is 106 cm³/mol. The van der Waals surface area contributed by atoms with Crippen molar-refractivity contribution in [3.63, 3.8) is 0 Å². The van der Waals surface area contributed by atoms with Crippen LogP contribution < -0.4 is 0 Å². The van der Waals surface area contributed by atoms with Crippen molar-refractivity contribution in [2.75, 3.05) is 0 Å². The van der Waals surface area contributed by atoms with E-state index in [2.05, 4.69) is 19.1 Å². The minimum atomic E-state index is -0.847. The highest BCUT2D eigenvalue weighted by Gasteiger charge is 2.39. The summed E-state index contributed by atoms with van der Waals surface area (Å²) in [5.74, 6) is -1.37. The maximum absolute atomic E-state index is 12.1. The topological polar surface area (TPSA) is 94.8 Å². The van der Waals surface area contributed by atoms with Gasteiger partial charge in [0.25, 0.3) is 0 Å². The van der Waals surface area contributed by atoms with Crippen molar-refractivity contribution in [3.05, 3.63) is 48.6 Å². The van der Waals surface area contributed by atoms with Crippen molar-refractivity contribution < 1.29 is 24.9 Å². The summed E-state index contributed by atoms with van der Waals surface area (Å²) in [6.07, 6.45) is 17.2. The number of aliphatic hydroxyl groups excluding tert-OH is 2. The van der Waals surface area contributed by atoms with Crippen molar-refractivity contribution >= 4 is 11.8 Å². The number of aliphatic hydroxyl groups is 2. The zero-order valence-electron chi connectivity index (χ0n) is 16.0. The molecule has 0 spiro atoms. The molecular weight excluding hydrogens is 344 g/mol. The van der Waals surface area contributed by atoms with E-state index in [0.29, 0.717) is 19.3 Å². The number of rotatable bonds is 12. The summed E-state index contributed by atoms with van der Waals surface area (Å²) < 4.78 is 0. The average molecular weight is 376 g/mol. The molecule has 0 radical (unpaired) electrons. The molecule has 1 saturated carbocycles. The van der Waals surface area contributed by atoms with Crippen LogP contribution in [0.3, 0.4) is 0 Å². The highest BCUT2D eigenvalue weighted by atomic mass is 16.4. The number of Topliss-reactive ketones (excluding diaryl/α,β-unsaturated/α-hetero) is 1. The Bertz CT molecular complexity index is 573. The van der Waals surface area contributed by atoms with Crippen LogP contribution >= 0.6 is 0 Å². The molecule has 5 nitrogen and oxygen atoms in total. The molecule has 0 aliphatic heterocycles. The lowest BCUT2D eigenvalue weighted by molar-refractivity contribution is -0.136. The Kier molecular flexibility index (Phi) is 11.3. The van der Waals surface area contributed by atoms with Crippen LogP contribution in [-0.2, 0) is 9.59 Å². The Morgan fingerprint density at radius 2 is 1.93 bits per heavy atom. The molecule has 5 heteroatoms. The third-order valence-corrected chi connectivity index (χ3v) is 4.60. The van der Waals surface area contributed by atoms with Gasteiger partial charge < -0.3 is 15.3 Å². The zero-order valence-corrected chi connectivity index (χ0v) is 16.0. The first kappa shape index (κ1) is 23.1. The van der Waals surface area contributed by atoms with Crippen LogP contribution in [0.2, 0.25) is 0 Å². The number of ketones is 1. The lowest BCUT2D eigenvalue weighted by Gasteiger charge is -2.16. The molecule has 0 aromatic heterocycles. The molecule has 0 aromatic rings.